The van der Waals surface area contributed by atoms with Gasteiger partial charge in [0.25, 0.3) is 5.91 Å². The van der Waals surface area contributed by atoms with Gasteiger partial charge in [-0.15, -0.1) is 0 Å². The lowest BCUT2D eigenvalue weighted by Gasteiger charge is -2.16. The average molecular weight is 366 g/mol. The van der Waals surface area contributed by atoms with Gasteiger partial charge < -0.3 is 5.32 Å². The Labute approximate surface area is 158 Å². The molecular weight excluding hydrogens is 340 g/mol. The zero-order chi connectivity index (χ0) is 19.3. The Kier molecular flexibility index (Phi) is 4.25. The number of hydrogen-bond donors (Lipinski definition) is 1. The van der Waals surface area contributed by atoms with Crippen LogP contribution in [0.3, 0.4) is 0 Å². The lowest BCUT2D eigenvalue weighted by Crippen LogP contribution is -2.19. The summed E-state index contributed by atoms with van der Waals surface area (Å²) < 4.78 is 3.80. The Hall–Kier alpha value is -2.70. The summed E-state index contributed by atoms with van der Waals surface area (Å²) in [4.78, 5) is 17.7. The molecule has 3 aromatic heterocycles. The van der Waals surface area contributed by atoms with Crippen molar-refractivity contribution >= 4 is 22.8 Å². The molecule has 0 aromatic carbocycles. The predicted molar refractivity (Wildman–Crippen MR) is 105 cm³/mol. The number of hydrogen-bond acceptors (Lipinski definition) is 4. The molecule has 1 atom stereocenters. The summed E-state index contributed by atoms with van der Waals surface area (Å²) in [5, 5.41) is 12.8. The molecule has 3 aromatic rings. The number of carbonyl (C=O) groups excluding carboxylic acids is 1. The van der Waals surface area contributed by atoms with Crippen molar-refractivity contribution in [2.45, 2.75) is 59.5 Å². The zero-order valence-electron chi connectivity index (χ0n) is 16.5. The Morgan fingerprint density at radius 1 is 1.15 bits per heavy atom. The first kappa shape index (κ1) is 17.7. The molecule has 1 aliphatic carbocycles. The van der Waals surface area contributed by atoms with Gasteiger partial charge in [-0.05, 0) is 59.4 Å². The van der Waals surface area contributed by atoms with Crippen molar-refractivity contribution in [1.82, 2.24) is 24.5 Å². The monoisotopic (exact) mass is 366 g/mol. The Morgan fingerprint density at radius 2 is 1.85 bits per heavy atom. The number of pyridine rings is 1. The molecule has 0 bridgehead atoms. The van der Waals surface area contributed by atoms with E-state index in [1.54, 1.807) is 6.20 Å². The minimum absolute atomic E-state index is 0.151. The molecule has 3 heterocycles. The van der Waals surface area contributed by atoms with Crippen molar-refractivity contribution in [3.8, 4) is 0 Å². The largest absolute Gasteiger partial charge is 0.307 e. The van der Waals surface area contributed by atoms with Gasteiger partial charge in [0.2, 0.25) is 0 Å². The highest BCUT2D eigenvalue weighted by atomic mass is 16.1. The number of nitrogens with zero attached hydrogens (tertiary/aromatic N) is 5. The summed E-state index contributed by atoms with van der Waals surface area (Å²) in [6.07, 6.45) is 6.00. The SMILES string of the molecule is Cc1cc(C(=O)Nc2c(C)cnn2C(C)C2CC2)c2cnn(C(C)C)c2n1. The molecule has 1 saturated carbocycles. The number of fused-ring (bicyclic) bond motifs is 1. The summed E-state index contributed by atoms with van der Waals surface area (Å²) in [5.41, 5.74) is 3.10. The van der Waals surface area contributed by atoms with Crippen molar-refractivity contribution in [2.75, 3.05) is 5.32 Å². The van der Waals surface area contributed by atoms with Crippen molar-refractivity contribution in [2.24, 2.45) is 5.92 Å². The van der Waals surface area contributed by atoms with Crippen LogP contribution in [-0.4, -0.2) is 30.5 Å². The quantitative estimate of drug-likeness (QED) is 0.739. The third kappa shape index (κ3) is 3.11. The first-order valence-corrected chi connectivity index (χ1v) is 9.57. The normalized spacial score (nSPS) is 15.5. The first-order valence-electron chi connectivity index (χ1n) is 9.57. The molecule has 7 heteroatoms. The molecule has 7 nitrogen and oxygen atoms in total. The lowest BCUT2D eigenvalue weighted by atomic mass is 10.1. The van der Waals surface area contributed by atoms with Crippen molar-refractivity contribution in [3.63, 3.8) is 0 Å². The van der Waals surface area contributed by atoms with Gasteiger partial charge in [-0.1, -0.05) is 0 Å². The molecule has 0 spiro atoms. The number of anilines is 1. The zero-order valence-corrected chi connectivity index (χ0v) is 16.5. The van der Waals surface area contributed by atoms with E-state index in [0.29, 0.717) is 11.5 Å². The summed E-state index contributed by atoms with van der Waals surface area (Å²) in [6.45, 7) is 10.2. The Balaban J connectivity index is 1.71. The average Bonchev–Trinajstić information content (AvgIpc) is 3.29. The van der Waals surface area contributed by atoms with Crippen LogP contribution in [-0.2, 0) is 0 Å². The van der Waals surface area contributed by atoms with Crippen LogP contribution < -0.4 is 5.32 Å². The van der Waals surface area contributed by atoms with Crippen LogP contribution in [0.4, 0.5) is 5.82 Å². The predicted octanol–water partition coefficient (Wildman–Crippen LogP) is 4.05. The Bertz CT molecular complexity index is 1010. The van der Waals surface area contributed by atoms with Crippen LogP contribution in [0.2, 0.25) is 0 Å². The minimum Gasteiger partial charge on any atom is -0.307 e. The summed E-state index contributed by atoms with van der Waals surface area (Å²) in [6, 6.07) is 2.29. The maximum absolute atomic E-state index is 13.2. The standard InChI is InChI=1S/C20H26N6O/c1-11(2)25-19-17(10-22-25)16(8-13(4)23-19)20(27)24-18-12(3)9-21-26(18)14(5)15-6-7-15/h8-11,14-15H,6-7H2,1-5H3,(H,24,27). The van der Waals surface area contributed by atoms with Gasteiger partial charge in [-0.25, -0.2) is 14.3 Å². The van der Waals surface area contributed by atoms with Crippen LogP contribution in [0.25, 0.3) is 11.0 Å². The third-order valence-corrected chi connectivity index (χ3v) is 5.33. The molecule has 27 heavy (non-hydrogen) atoms. The topological polar surface area (TPSA) is 77.6 Å². The van der Waals surface area contributed by atoms with E-state index in [0.717, 1.165) is 28.1 Å². The molecule has 142 valence electrons. The smallest absolute Gasteiger partial charge is 0.257 e. The Morgan fingerprint density at radius 3 is 2.52 bits per heavy atom. The van der Waals surface area contributed by atoms with Crippen LogP contribution in [0.15, 0.2) is 18.5 Å². The molecule has 0 radical (unpaired) electrons. The highest BCUT2D eigenvalue weighted by Gasteiger charge is 2.31. The van der Waals surface area contributed by atoms with Crippen LogP contribution >= 0.6 is 0 Å². The van der Waals surface area contributed by atoms with Gasteiger partial charge in [0, 0.05) is 17.3 Å². The van der Waals surface area contributed by atoms with Gasteiger partial charge in [0.1, 0.15) is 5.82 Å². The minimum atomic E-state index is -0.151. The van der Waals surface area contributed by atoms with E-state index in [1.807, 2.05) is 35.5 Å². The number of aromatic nitrogens is 5. The van der Waals surface area contributed by atoms with Crippen LogP contribution in [0.1, 0.15) is 67.3 Å². The molecule has 1 N–H and O–H groups in total. The second kappa shape index (κ2) is 6.48. The molecule has 1 fully saturated rings. The highest BCUT2D eigenvalue weighted by molar-refractivity contribution is 6.11. The number of nitrogens with one attached hydrogen (secondary N) is 1. The number of rotatable bonds is 5. The van der Waals surface area contributed by atoms with E-state index in [1.165, 1.54) is 12.8 Å². The van der Waals surface area contributed by atoms with E-state index in [4.69, 9.17) is 0 Å². The maximum atomic E-state index is 13.2. The molecular formula is C20H26N6O. The molecule has 1 unspecified atom stereocenters. The molecule has 0 saturated heterocycles. The van der Waals surface area contributed by atoms with Crippen molar-refractivity contribution in [3.05, 3.63) is 35.3 Å². The van der Waals surface area contributed by atoms with Crippen LogP contribution in [0.5, 0.6) is 0 Å². The van der Waals surface area contributed by atoms with E-state index in [-0.39, 0.29) is 18.0 Å². The van der Waals surface area contributed by atoms with E-state index >= 15 is 0 Å². The number of carbonyl (C=O) groups is 1. The van der Waals surface area contributed by atoms with E-state index in [9.17, 15) is 4.79 Å². The number of amides is 1. The molecule has 1 amide bonds. The first-order chi connectivity index (χ1) is 12.9. The van der Waals surface area contributed by atoms with Gasteiger partial charge in [-0.2, -0.15) is 10.2 Å². The molecule has 4 rings (SSSR count). The summed E-state index contributed by atoms with van der Waals surface area (Å²) in [5.74, 6) is 1.28. The second-order valence-corrected chi connectivity index (χ2v) is 7.88. The third-order valence-electron chi connectivity index (χ3n) is 5.33. The van der Waals surface area contributed by atoms with Crippen LogP contribution in [0, 0.1) is 19.8 Å². The fraction of sp³-hybridized carbons (Fsp3) is 0.500. The second-order valence-electron chi connectivity index (χ2n) is 7.88. The van der Waals surface area contributed by atoms with Gasteiger partial charge in [-0.3, -0.25) is 4.79 Å². The molecule has 0 aliphatic heterocycles. The van der Waals surface area contributed by atoms with Crippen molar-refractivity contribution in [1.29, 1.82) is 0 Å². The van der Waals surface area contributed by atoms with Gasteiger partial charge in [0.05, 0.1) is 29.4 Å². The van der Waals surface area contributed by atoms with Gasteiger partial charge in [0.15, 0.2) is 5.65 Å². The fourth-order valence-corrected chi connectivity index (χ4v) is 3.58. The molecule has 1 aliphatic rings. The highest BCUT2D eigenvalue weighted by Crippen LogP contribution is 2.40. The summed E-state index contributed by atoms with van der Waals surface area (Å²) >= 11 is 0. The number of aryl methyl sites for hydroxylation is 2. The summed E-state index contributed by atoms with van der Waals surface area (Å²) in [7, 11) is 0. The van der Waals surface area contributed by atoms with E-state index in [2.05, 4.69) is 41.3 Å². The fourth-order valence-electron chi connectivity index (χ4n) is 3.58. The van der Waals surface area contributed by atoms with Crippen molar-refractivity contribution < 1.29 is 4.79 Å². The lowest BCUT2D eigenvalue weighted by molar-refractivity contribution is 0.102. The van der Waals surface area contributed by atoms with E-state index < -0.39 is 0 Å². The maximum Gasteiger partial charge on any atom is 0.257 e. The van der Waals surface area contributed by atoms with Gasteiger partial charge >= 0.3 is 0 Å².